The summed E-state index contributed by atoms with van der Waals surface area (Å²) < 4.78 is 0. The molecule has 1 N–H and O–H groups in total. The highest BCUT2D eigenvalue weighted by Gasteiger charge is 2.42. The number of likely N-dealkylation sites (tertiary alicyclic amines) is 1. The van der Waals surface area contributed by atoms with Crippen LogP contribution in [-0.4, -0.2) is 36.9 Å². The summed E-state index contributed by atoms with van der Waals surface area (Å²) in [4.78, 5) is 14.8. The van der Waals surface area contributed by atoms with E-state index in [1.165, 1.54) is 5.56 Å². The van der Waals surface area contributed by atoms with Crippen LogP contribution < -0.4 is 5.32 Å². The number of hydrogen-bond acceptors (Lipinski definition) is 3. The van der Waals surface area contributed by atoms with Gasteiger partial charge < -0.3 is 5.32 Å². The zero-order chi connectivity index (χ0) is 13.1. The topological polar surface area (TPSA) is 32.3 Å². The maximum atomic E-state index is 12.4. The van der Waals surface area contributed by atoms with Crippen molar-refractivity contribution < 1.29 is 4.79 Å². The fourth-order valence-electron chi connectivity index (χ4n) is 3.42. The van der Waals surface area contributed by atoms with Gasteiger partial charge in [0.2, 0.25) is 0 Å². The zero-order valence-corrected chi connectivity index (χ0v) is 11.4. The summed E-state index contributed by atoms with van der Waals surface area (Å²) in [7, 11) is 0. The Labute approximate surface area is 115 Å². The molecule has 1 spiro atoms. The Kier molecular flexibility index (Phi) is 3.67. The zero-order valence-electron chi connectivity index (χ0n) is 11.4. The Morgan fingerprint density at radius 2 is 2.11 bits per heavy atom. The lowest BCUT2D eigenvalue weighted by molar-refractivity contribution is -0.127. The van der Waals surface area contributed by atoms with Gasteiger partial charge in [0.15, 0.2) is 0 Å². The molecular formula is C16H22N2O. The number of Topliss-reactive ketones (excluding diaryl/α,β-unsaturated/α-hetero) is 1. The minimum absolute atomic E-state index is 0.106. The molecular weight excluding hydrogens is 236 g/mol. The second kappa shape index (κ2) is 5.43. The molecule has 0 bridgehead atoms. The number of rotatable bonds is 2. The van der Waals surface area contributed by atoms with Crippen molar-refractivity contribution in [1.29, 1.82) is 0 Å². The molecule has 3 nitrogen and oxygen atoms in total. The van der Waals surface area contributed by atoms with E-state index in [1.54, 1.807) is 0 Å². The van der Waals surface area contributed by atoms with E-state index in [2.05, 4.69) is 40.5 Å². The van der Waals surface area contributed by atoms with Gasteiger partial charge in [-0.2, -0.15) is 0 Å². The van der Waals surface area contributed by atoms with Gasteiger partial charge in [-0.1, -0.05) is 30.3 Å². The Hall–Kier alpha value is -1.19. The van der Waals surface area contributed by atoms with Gasteiger partial charge in [-0.05, 0) is 31.5 Å². The van der Waals surface area contributed by atoms with Crippen LogP contribution in [0.3, 0.4) is 0 Å². The summed E-state index contributed by atoms with van der Waals surface area (Å²) in [6.45, 7) is 4.80. The summed E-state index contributed by atoms with van der Waals surface area (Å²) in [5, 5.41) is 3.38. The Morgan fingerprint density at radius 1 is 1.26 bits per heavy atom. The number of ketones is 1. The van der Waals surface area contributed by atoms with E-state index in [-0.39, 0.29) is 5.41 Å². The highest BCUT2D eigenvalue weighted by Crippen LogP contribution is 2.32. The molecule has 1 atom stereocenters. The summed E-state index contributed by atoms with van der Waals surface area (Å²) in [6.07, 6.45) is 2.78. The summed E-state index contributed by atoms with van der Waals surface area (Å²) in [5.41, 5.74) is 1.24. The molecule has 2 fully saturated rings. The third-order valence-electron chi connectivity index (χ3n) is 4.49. The van der Waals surface area contributed by atoms with E-state index >= 15 is 0 Å². The van der Waals surface area contributed by atoms with Crippen LogP contribution in [0.5, 0.6) is 0 Å². The van der Waals surface area contributed by atoms with Crippen molar-refractivity contribution >= 4 is 5.78 Å². The molecule has 3 heteroatoms. The van der Waals surface area contributed by atoms with Crippen molar-refractivity contribution in [3.05, 3.63) is 35.9 Å². The van der Waals surface area contributed by atoms with E-state index in [0.29, 0.717) is 5.78 Å². The van der Waals surface area contributed by atoms with Gasteiger partial charge in [0, 0.05) is 26.1 Å². The number of carbonyl (C=O) groups is 1. The lowest BCUT2D eigenvalue weighted by atomic mass is 9.81. The maximum absolute atomic E-state index is 12.4. The molecule has 0 amide bonds. The normalized spacial score (nSPS) is 28.7. The Bertz CT molecular complexity index is 437. The van der Waals surface area contributed by atoms with Gasteiger partial charge in [-0.3, -0.25) is 9.69 Å². The summed E-state index contributed by atoms with van der Waals surface area (Å²) >= 11 is 0. The van der Waals surface area contributed by atoms with E-state index in [9.17, 15) is 4.79 Å². The first-order valence-corrected chi connectivity index (χ1v) is 7.29. The van der Waals surface area contributed by atoms with Gasteiger partial charge in [0.05, 0.1) is 5.41 Å². The number of carbonyl (C=O) groups excluding carboxylic acids is 1. The second-order valence-electron chi connectivity index (χ2n) is 5.93. The van der Waals surface area contributed by atoms with Crippen LogP contribution >= 0.6 is 0 Å². The minimum atomic E-state index is -0.106. The van der Waals surface area contributed by atoms with Crippen molar-refractivity contribution in [2.24, 2.45) is 5.41 Å². The van der Waals surface area contributed by atoms with E-state index in [4.69, 9.17) is 0 Å². The van der Waals surface area contributed by atoms with Crippen molar-refractivity contribution in [2.45, 2.75) is 25.8 Å². The van der Waals surface area contributed by atoms with Gasteiger partial charge in [0.1, 0.15) is 5.78 Å². The molecule has 1 aromatic rings. The SMILES string of the molecule is O=C1CCCN(Cc2ccccc2)CC12CCNC2. The third kappa shape index (κ3) is 2.72. The molecule has 2 saturated heterocycles. The molecule has 2 heterocycles. The van der Waals surface area contributed by atoms with Crippen LogP contribution in [0.2, 0.25) is 0 Å². The first-order valence-electron chi connectivity index (χ1n) is 7.29. The predicted octanol–water partition coefficient (Wildman–Crippen LogP) is 1.83. The van der Waals surface area contributed by atoms with Crippen LogP contribution in [0, 0.1) is 5.41 Å². The monoisotopic (exact) mass is 258 g/mol. The molecule has 0 aliphatic carbocycles. The Balaban J connectivity index is 1.74. The van der Waals surface area contributed by atoms with Crippen molar-refractivity contribution in [1.82, 2.24) is 10.2 Å². The summed E-state index contributed by atoms with van der Waals surface area (Å²) in [6, 6.07) is 10.6. The van der Waals surface area contributed by atoms with Crippen LogP contribution in [0.1, 0.15) is 24.8 Å². The van der Waals surface area contributed by atoms with Crippen molar-refractivity contribution in [3.8, 4) is 0 Å². The fourth-order valence-corrected chi connectivity index (χ4v) is 3.42. The molecule has 0 radical (unpaired) electrons. The minimum Gasteiger partial charge on any atom is -0.316 e. The lowest BCUT2D eigenvalue weighted by Gasteiger charge is -2.30. The number of nitrogens with one attached hydrogen (secondary N) is 1. The second-order valence-corrected chi connectivity index (χ2v) is 5.93. The number of nitrogens with zero attached hydrogens (tertiary/aromatic N) is 1. The van der Waals surface area contributed by atoms with Gasteiger partial charge in [0.25, 0.3) is 0 Å². The first kappa shape index (κ1) is 12.8. The van der Waals surface area contributed by atoms with Crippen LogP contribution in [0.4, 0.5) is 0 Å². The van der Waals surface area contributed by atoms with Gasteiger partial charge >= 0.3 is 0 Å². The van der Waals surface area contributed by atoms with E-state index in [0.717, 1.165) is 52.0 Å². The molecule has 2 aliphatic heterocycles. The third-order valence-corrected chi connectivity index (χ3v) is 4.49. The smallest absolute Gasteiger partial charge is 0.141 e. The first-order chi connectivity index (χ1) is 9.28. The average molecular weight is 258 g/mol. The summed E-state index contributed by atoms with van der Waals surface area (Å²) in [5.74, 6) is 0.480. The maximum Gasteiger partial charge on any atom is 0.141 e. The number of benzene rings is 1. The molecule has 1 unspecified atom stereocenters. The van der Waals surface area contributed by atoms with Gasteiger partial charge in [-0.15, -0.1) is 0 Å². The molecule has 3 rings (SSSR count). The van der Waals surface area contributed by atoms with Gasteiger partial charge in [-0.25, -0.2) is 0 Å². The molecule has 1 aromatic carbocycles. The standard InChI is InChI=1S/C16H22N2O/c19-15-7-4-10-18(11-14-5-2-1-3-6-14)13-16(15)8-9-17-12-16/h1-3,5-6,17H,4,7-13H2. The largest absolute Gasteiger partial charge is 0.316 e. The quantitative estimate of drug-likeness (QED) is 0.878. The predicted molar refractivity (Wildman–Crippen MR) is 75.9 cm³/mol. The van der Waals surface area contributed by atoms with E-state index < -0.39 is 0 Å². The molecule has 102 valence electrons. The highest BCUT2D eigenvalue weighted by atomic mass is 16.1. The molecule has 0 aromatic heterocycles. The molecule has 2 aliphatic rings. The fraction of sp³-hybridized carbons (Fsp3) is 0.562. The van der Waals surface area contributed by atoms with Crippen molar-refractivity contribution in [2.75, 3.05) is 26.2 Å². The average Bonchev–Trinajstić information content (AvgIpc) is 2.83. The van der Waals surface area contributed by atoms with Crippen LogP contribution in [0.25, 0.3) is 0 Å². The molecule has 0 saturated carbocycles. The van der Waals surface area contributed by atoms with Crippen LogP contribution in [-0.2, 0) is 11.3 Å². The van der Waals surface area contributed by atoms with Crippen molar-refractivity contribution in [3.63, 3.8) is 0 Å². The lowest BCUT2D eigenvalue weighted by Crippen LogP contribution is -2.42. The molecule has 19 heavy (non-hydrogen) atoms. The Morgan fingerprint density at radius 3 is 2.84 bits per heavy atom. The van der Waals surface area contributed by atoms with E-state index in [1.807, 2.05) is 0 Å². The number of hydrogen-bond donors (Lipinski definition) is 1. The van der Waals surface area contributed by atoms with Crippen LogP contribution in [0.15, 0.2) is 30.3 Å². The highest BCUT2D eigenvalue weighted by molar-refractivity contribution is 5.86.